The molecule has 3 N–H and O–H groups in total. The molecule has 0 radical (unpaired) electrons. The fourth-order valence-electron chi connectivity index (χ4n) is 0. The van der Waals surface area contributed by atoms with Gasteiger partial charge in [0.05, 0.1) is 12.1 Å². The molecule has 86 valence electrons. The first-order valence-corrected chi connectivity index (χ1v) is 3.32. The van der Waals surface area contributed by atoms with E-state index in [0.29, 0.717) is 0 Å². The maximum Gasteiger partial charge on any atom is 1.00 e. The van der Waals surface area contributed by atoms with Gasteiger partial charge in [-0.25, -0.2) is 0 Å². The number of aliphatic carboxylic acids is 1. The van der Waals surface area contributed by atoms with Gasteiger partial charge in [-0.1, -0.05) is 7.43 Å². The summed E-state index contributed by atoms with van der Waals surface area (Å²) in [6, 6.07) is 0. The van der Waals surface area contributed by atoms with Gasteiger partial charge in [0.1, 0.15) is 0 Å². The Kier molecular flexibility index (Phi) is 18.2. The molecule has 0 spiro atoms. The number of carbonyl (C=O) groups excluding carboxylic acids is 1. The van der Waals surface area contributed by atoms with Crippen molar-refractivity contribution in [3.8, 4) is 0 Å². The van der Waals surface area contributed by atoms with Gasteiger partial charge in [0.2, 0.25) is 0 Å². The molecule has 0 rings (SSSR count). The van der Waals surface area contributed by atoms with Crippen LogP contribution in [-0.2, 0) is 27.2 Å². The van der Waals surface area contributed by atoms with Crippen molar-refractivity contribution in [1.82, 2.24) is 0 Å². The molecule has 0 aliphatic heterocycles. The number of carboxylic acid groups (broad SMARTS) is 1. The average Bonchev–Trinajstić information content (AvgIpc) is 1.59. The molecule has 5 heteroatoms. The normalized spacial score (nSPS) is 10.9. The number of carboxylic acids is 1. The van der Waals surface area contributed by atoms with Gasteiger partial charge in [0, 0.05) is 5.54 Å². The second-order valence-corrected chi connectivity index (χ2v) is 3.36. The molecule has 0 saturated carbocycles. The van der Waals surface area contributed by atoms with Crippen LogP contribution < -0.4 is 10.8 Å². The van der Waals surface area contributed by atoms with Crippen molar-refractivity contribution in [2.75, 3.05) is 0 Å². The molecule has 0 fully saturated rings. The first-order chi connectivity index (χ1) is 4.64. The van der Waals surface area contributed by atoms with Gasteiger partial charge in [-0.3, -0.25) is 0 Å². The van der Waals surface area contributed by atoms with E-state index < -0.39 is 12.1 Å². The van der Waals surface area contributed by atoms with Crippen LogP contribution in [0.25, 0.3) is 0 Å². The van der Waals surface area contributed by atoms with Crippen molar-refractivity contribution in [2.45, 2.75) is 46.8 Å². The van der Waals surface area contributed by atoms with E-state index in [0.717, 1.165) is 6.92 Å². The SMILES string of the molecule is C.CC(C)(C)N.CC(O)C(=O)[O-].[Ag+]. The number of hydrogen-bond donors (Lipinski definition) is 2. The summed E-state index contributed by atoms with van der Waals surface area (Å²) in [6.07, 6.45) is -1.34. The molecule has 4 nitrogen and oxygen atoms in total. The molecule has 0 saturated heterocycles. The topological polar surface area (TPSA) is 86.4 Å². The molecule has 0 aliphatic rings. The molecule has 1 atom stereocenters. The van der Waals surface area contributed by atoms with E-state index in [9.17, 15) is 9.90 Å². The van der Waals surface area contributed by atoms with Gasteiger partial charge in [0.25, 0.3) is 0 Å². The zero-order valence-electron chi connectivity index (χ0n) is 7.72. The standard InChI is InChI=1S/C4H11N.C3H6O3.CH4.Ag/c1-4(2,3)5;1-2(4)3(5)6;;/h5H2,1-3H3;2,4H,1H3,(H,5,6);1H4;/q;;;+1/p-1. The summed E-state index contributed by atoms with van der Waals surface area (Å²) < 4.78 is 0. The molecular weight excluding hydrogens is 266 g/mol. The Balaban J connectivity index is -0.0000000546. The quantitative estimate of drug-likeness (QED) is 0.636. The molecule has 0 aromatic carbocycles. The van der Waals surface area contributed by atoms with Gasteiger partial charge >= 0.3 is 22.4 Å². The zero-order valence-corrected chi connectivity index (χ0v) is 9.20. The Hall–Kier alpha value is 0.130. The Morgan fingerprint density at radius 2 is 1.54 bits per heavy atom. The molecule has 13 heavy (non-hydrogen) atoms. The van der Waals surface area contributed by atoms with Crippen molar-refractivity contribution in [3.05, 3.63) is 0 Å². The number of aliphatic hydroxyl groups excluding tert-OH is 1. The van der Waals surface area contributed by atoms with E-state index >= 15 is 0 Å². The maximum absolute atomic E-state index is 9.34. The first-order valence-electron chi connectivity index (χ1n) is 3.32. The predicted octanol–water partition coefficient (Wildman–Crippen LogP) is -0.506. The van der Waals surface area contributed by atoms with Crippen molar-refractivity contribution >= 4 is 5.97 Å². The molecule has 0 heterocycles. The fourth-order valence-corrected chi connectivity index (χ4v) is 0. The minimum absolute atomic E-state index is 0. The summed E-state index contributed by atoms with van der Waals surface area (Å²) in [7, 11) is 0. The van der Waals surface area contributed by atoms with Gasteiger partial charge in [-0.15, -0.1) is 0 Å². The molecule has 0 aromatic rings. The van der Waals surface area contributed by atoms with Crippen molar-refractivity contribution in [3.63, 3.8) is 0 Å². The summed E-state index contributed by atoms with van der Waals surface area (Å²) in [5.41, 5.74) is 5.35. The van der Waals surface area contributed by atoms with E-state index in [-0.39, 0.29) is 35.3 Å². The first kappa shape index (κ1) is 23.2. The number of aliphatic hydroxyl groups is 1. The minimum Gasteiger partial charge on any atom is -0.547 e. The number of hydrogen-bond acceptors (Lipinski definition) is 4. The van der Waals surface area contributed by atoms with E-state index in [2.05, 4.69) is 0 Å². The Morgan fingerprint density at radius 3 is 1.54 bits per heavy atom. The summed E-state index contributed by atoms with van der Waals surface area (Å²) in [4.78, 5) is 9.34. The smallest absolute Gasteiger partial charge is 0.547 e. The maximum atomic E-state index is 9.34. The van der Waals surface area contributed by atoms with Crippen LogP contribution in [0.4, 0.5) is 0 Å². The van der Waals surface area contributed by atoms with Crippen LogP contribution in [0.5, 0.6) is 0 Å². The summed E-state index contributed by atoms with van der Waals surface area (Å²) in [5, 5.41) is 17.3. The van der Waals surface area contributed by atoms with Crippen LogP contribution >= 0.6 is 0 Å². The predicted molar refractivity (Wildman–Crippen MR) is 47.4 cm³/mol. The number of carbonyl (C=O) groups is 1. The molecule has 0 amide bonds. The van der Waals surface area contributed by atoms with Crippen molar-refractivity contribution in [1.29, 1.82) is 0 Å². The zero-order chi connectivity index (χ0) is 9.65. The van der Waals surface area contributed by atoms with Crippen LogP contribution in [0.3, 0.4) is 0 Å². The van der Waals surface area contributed by atoms with Crippen LogP contribution in [0, 0.1) is 0 Å². The number of nitrogens with two attached hydrogens (primary N) is 1. The Bertz CT molecular complexity index is 115. The van der Waals surface area contributed by atoms with E-state index in [1.807, 2.05) is 20.8 Å². The van der Waals surface area contributed by atoms with Crippen LogP contribution in [0.2, 0.25) is 0 Å². The second-order valence-electron chi connectivity index (χ2n) is 3.36. The van der Waals surface area contributed by atoms with Crippen molar-refractivity contribution in [2.24, 2.45) is 5.73 Å². The van der Waals surface area contributed by atoms with Crippen molar-refractivity contribution < 1.29 is 37.4 Å². The largest absolute Gasteiger partial charge is 1.00 e. The average molecular weight is 286 g/mol. The fraction of sp³-hybridized carbons (Fsp3) is 0.875. The van der Waals surface area contributed by atoms with E-state index in [1.165, 1.54) is 0 Å². The van der Waals surface area contributed by atoms with Crippen LogP contribution in [0.15, 0.2) is 0 Å². The summed E-state index contributed by atoms with van der Waals surface area (Å²) in [5.74, 6) is -1.44. The Labute approximate surface area is 96.0 Å². The van der Waals surface area contributed by atoms with E-state index in [4.69, 9.17) is 10.8 Å². The molecular formula is C8H20AgNO3. The van der Waals surface area contributed by atoms with Crippen LogP contribution in [0.1, 0.15) is 35.1 Å². The van der Waals surface area contributed by atoms with Gasteiger partial charge < -0.3 is 20.7 Å². The monoisotopic (exact) mass is 285 g/mol. The van der Waals surface area contributed by atoms with Gasteiger partial charge in [-0.05, 0) is 27.7 Å². The van der Waals surface area contributed by atoms with E-state index in [1.54, 1.807) is 0 Å². The molecule has 1 unspecified atom stereocenters. The third kappa shape index (κ3) is 73.0. The minimum atomic E-state index is -1.44. The van der Waals surface area contributed by atoms with Crippen LogP contribution in [-0.4, -0.2) is 22.7 Å². The third-order valence-corrected chi connectivity index (χ3v) is 0.341. The number of rotatable bonds is 1. The summed E-state index contributed by atoms with van der Waals surface area (Å²) >= 11 is 0. The second kappa shape index (κ2) is 10.2. The summed E-state index contributed by atoms with van der Waals surface area (Å²) in [6.45, 7) is 7.03. The Morgan fingerprint density at radius 1 is 1.46 bits per heavy atom. The third-order valence-electron chi connectivity index (χ3n) is 0.341. The van der Waals surface area contributed by atoms with Gasteiger partial charge in [0.15, 0.2) is 0 Å². The van der Waals surface area contributed by atoms with Gasteiger partial charge in [-0.2, -0.15) is 0 Å². The molecule has 0 aromatic heterocycles. The molecule has 0 bridgehead atoms. The molecule has 0 aliphatic carbocycles.